The zero-order valence-electron chi connectivity index (χ0n) is 18.2. The molecule has 7 aliphatic carbocycles. The Bertz CT molecular complexity index is 625. The van der Waals surface area contributed by atoms with Crippen molar-refractivity contribution < 1.29 is 9.53 Å². The summed E-state index contributed by atoms with van der Waals surface area (Å²) in [5.74, 6) is 8.60. The summed E-state index contributed by atoms with van der Waals surface area (Å²) >= 11 is 0. The fourth-order valence-corrected chi connectivity index (χ4v) is 10.3. The largest absolute Gasteiger partial charge is 0.459 e. The molecule has 0 saturated heterocycles. The lowest BCUT2D eigenvalue weighted by Gasteiger charge is -2.59. The molecule has 7 rings (SSSR count). The average Bonchev–Trinajstić information content (AvgIpc) is 3.32. The Labute approximate surface area is 171 Å². The molecule has 7 saturated carbocycles. The van der Waals surface area contributed by atoms with Gasteiger partial charge in [0.1, 0.15) is 5.60 Å². The van der Waals surface area contributed by atoms with E-state index in [0.717, 1.165) is 47.8 Å². The Morgan fingerprint density at radius 3 is 2.25 bits per heavy atom. The summed E-state index contributed by atoms with van der Waals surface area (Å²) in [6.45, 7) is 7.16. The average molecular weight is 385 g/mol. The van der Waals surface area contributed by atoms with E-state index in [1.165, 1.54) is 57.8 Å². The highest BCUT2D eigenvalue weighted by molar-refractivity contribution is 5.74. The van der Waals surface area contributed by atoms with Crippen LogP contribution < -0.4 is 0 Å². The van der Waals surface area contributed by atoms with Gasteiger partial charge in [-0.05, 0) is 117 Å². The summed E-state index contributed by atoms with van der Waals surface area (Å²) in [5, 5.41) is 0. The van der Waals surface area contributed by atoms with Crippen molar-refractivity contribution in [1.29, 1.82) is 0 Å². The third-order valence-corrected chi connectivity index (χ3v) is 11.0. The van der Waals surface area contributed by atoms with Crippen molar-refractivity contribution in [2.75, 3.05) is 0 Å². The van der Waals surface area contributed by atoms with Gasteiger partial charge in [-0.1, -0.05) is 26.7 Å². The van der Waals surface area contributed by atoms with Crippen LogP contribution in [0.1, 0.15) is 85.0 Å². The minimum Gasteiger partial charge on any atom is -0.459 e. The van der Waals surface area contributed by atoms with Gasteiger partial charge in [-0.25, -0.2) is 0 Å². The van der Waals surface area contributed by atoms with Gasteiger partial charge >= 0.3 is 5.97 Å². The van der Waals surface area contributed by atoms with E-state index in [0.29, 0.717) is 17.8 Å². The molecule has 2 nitrogen and oxygen atoms in total. The molecule has 0 radical (unpaired) electrons. The molecule has 0 spiro atoms. The van der Waals surface area contributed by atoms with E-state index in [1.54, 1.807) is 0 Å². The van der Waals surface area contributed by atoms with Crippen molar-refractivity contribution >= 4 is 5.97 Å². The van der Waals surface area contributed by atoms with Crippen LogP contribution in [0.5, 0.6) is 0 Å². The van der Waals surface area contributed by atoms with Crippen molar-refractivity contribution in [2.24, 2.45) is 65.1 Å². The van der Waals surface area contributed by atoms with E-state index >= 15 is 0 Å². The van der Waals surface area contributed by atoms with Crippen LogP contribution in [0.4, 0.5) is 0 Å². The minimum atomic E-state index is -0.141. The number of hydrogen-bond acceptors (Lipinski definition) is 2. The molecule has 0 amide bonds. The van der Waals surface area contributed by atoms with Crippen LogP contribution in [0.15, 0.2) is 0 Å². The maximum atomic E-state index is 13.5. The number of rotatable bonds is 4. The molecule has 0 heterocycles. The van der Waals surface area contributed by atoms with E-state index in [-0.39, 0.29) is 17.5 Å². The van der Waals surface area contributed by atoms with Crippen molar-refractivity contribution in [2.45, 2.75) is 90.6 Å². The van der Waals surface area contributed by atoms with E-state index < -0.39 is 0 Å². The van der Waals surface area contributed by atoms with Crippen LogP contribution in [-0.2, 0) is 9.53 Å². The van der Waals surface area contributed by atoms with E-state index in [2.05, 4.69) is 20.8 Å². The third kappa shape index (κ3) is 2.41. The molecule has 7 fully saturated rings. The van der Waals surface area contributed by atoms with Gasteiger partial charge in [0.05, 0.1) is 5.92 Å². The topological polar surface area (TPSA) is 26.3 Å². The van der Waals surface area contributed by atoms with Gasteiger partial charge < -0.3 is 4.74 Å². The maximum absolute atomic E-state index is 13.5. The molecule has 0 aromatic carbocycles. The molecular formula is C26H40O2. The van der Waals surface area contributed by atoms with Gasteiger partial charge in [-0.15, -0.1) is 0 Å². The lowest BCUT2D eigenvalue weighted by molar-refractivity contribution is -0.209. The maximum Gasteiger partial charge on any atom is 0.309 e. The predicted molar refractivity (Wildman–Crippen MR) is 110 cm³/mol. The van der Waals surface area contributed by atoms with Crippen molar-refractivity contribution in [3.8, 4) is 0 Å². The molecule has 7 atom stereocenters. The van der Waals surface area contributed by atoms with Gasteiger partial charge in [-0.3, -0.25) is 4.79 Å². The van der Waals surface area contributed by atoms with E-state index in [9.17, 15) is 4.79 Å². The number of carbonyl (C=O) groups is 1. The van der Waals surface area contributed by atoms with Crippen molar-refractivity contribution in [1.82, 2.24) is 0 Å². The zero-order valence-corrected chi connectivity index (χ0v) is 18.2. The second-order valence-electron chi connectivity index (χ2n) is 12.3. The van der Waals surface area contributed by atoms with Crippen LogP contribution in [0.25, 0.3) is 0 Å². The number of esters is 1. The molecule has 6 bridgehead atoms. The Balaban J connectivity index is 1.20. The Morgan fingerprint density at radius 2 is 1.61 bits per heavy atom. The van der Waals surface area contributed by atoms with Gasteiger partial charge in [0.15, 0.2) is 0 Å². The SMILES string of the molecule is CCCC1CC(C)C2C3CC(C(=O)OC4(C)C5CC6CC(C5)CC4C6)C(C3)C12. The number of carbonyl (C=O) groups excluding carboxylic acids is 1. The second-order valence-corrected chi connectivity index (χ2v) is 12.3. The Hall–Kier alpha value is -0.530. The summed E-state index contributed by atoms with van der Waals surface area (Å²) in [4.78, 5) is 13.5. The minimum absolute atomic E-state index is 0.141. The Kier molecular flexibility index (Phi) is 4.07. The number of fused-ring (bicyclic) bond motifs is 5. The zero-order chi connectivity index (χ0) is 19.2. The first-order chi connectivity index (χ1) is 13.5. The van der Waals surface area contributed by atoms with Gasteiger partial charge in [0.2, 0.25) is 0 Å². The highest BCUT2D eigenvalue weighted by atomic mass is 16.6. The highest BCUT2D eigenvalue weighted by Crippen LogP contribution is 2.66. The van der Waals surface area contributed by atoms with Gasteiger partial charge in [0.25, 0.3) is 0 Å². The van der Waals surface area contributed by atoms with Gasteiger partial charge in [0, 0.05) is 0 Å². The number of hydrogen-bond donors (Lipinski definition) is 0. The molecule has 0 aromatic rings. The Morgan fingerprint density at radius 1 is 0.929 bits per heavy atom. The quantitative estimate of drug-likeness (QED) is 0.548. The fourth-order valence-electron chi connectivity index (χ4n) is 10.3. The van der Waals surface area contributed by atoms with E-state index in [1.807, 2.05) is 0 Å². The predicted octanol–water partition coefficient (Wildman–Crippen LogP) is 6.09. The summed E-state index contributed by atoms with van der Waals surface area (Å²) in [5.41, 5.74) is -0.141. The molecule has 156 valence electrons. The van der Waals surface area contributed by atoms with Crippen LogP contribution in [0.2, 0.25) is 0 Å². The summed E-state index contributed by atoms with van der Waals surface area (Å²) in [7, 11) is 0. The second kappa shape index (κ2) is 6.24. The van der Waals surface area contributed by atoms with Crippen LogP contribution >= 0.6 is 0 Å². The first-order valence-corrected chi connectivity index (χ1v) is 12.7. The van der Waals surface area contributed by atoms with Gasteiger partial charge in [-0.2, -0.15) is 0 Å². The molecule has 7 unspecified atom stereocenters. The lowest BCUT2D eigenvalue weighted by atomic mass is 9.50. The van der Waals surface area contributed by atoms with E-state index in [4.69, 9.17) is 4.74 Å². The summed E-state index contributed by atoms with van der Waals surface area (Å²) < 4.78 is 6.58. The first kappa shape index (κ1) is 18.3. The molecule has 7 aliphatic rings. The normalized spacial score (nSPS) is 58.3. The smallest absolute Gasteiger partial charge is 0.309 e. The van der Waals surface area contributed by atoms with Crippen LogP contribution in [-0.4, -0.2) is 11.6 Å². The summed E-state index contributed by atoms with van der Waals surface area (Å²) in [6, 6.07) is 0. The van der Waals surface area contributed by atoms with Crippen molar-refractivity contribution in [3.63, 3.8) is 0 Å². The monoisotopic (exact) mass is 384 g/mol. The number of ether oxygens (including phenoxy) is 1. The molecular weight excluding hydrogens is 344 g/mol. The molecule has 0 N–H and O–H groups in total. The van der Waals surface area contributed by atoms with Crippen LogP contribution in [0.3, 0.4) is 0 Å². The summed E-state index contributed by atoms with van der Waals surface area (Å²) in [6.07, 6.45) is 13.3. The lowest BCUT2D eigenvalue weighted by Crippen LogP contribution is -2.58. The molecule has 0 aliphatic heterocycles. The fraction of sp³-hybridized carbons (Fsp3) is 0.962. The molecule has 2 heteroatoms. The molecule has 0 aromatic heterocycles. The van der Waals surface area contributed by atoms with Crippen molar-refractivity contribution in [3.05, 3.63) is 0 Å². The third-order valence-electron chi connectivity index (χ3n) is 11.0. The first-order valence-electron chi connectivity index (χ1n) is 12.7. The highest BCUT2D eigenvalue weighted by Gasteiger charge is 2.62. The molecule has 28 heavy (non-hydrogen) atoms. The standard InChI is InChI=1S/C26H40O2/c1-4-5-17-6-14(2)23-18-12-21(24(17)23)22(13-18)25(27)28-26(3)19-8-15-7-16(10-19)11-20(26)9-15/h14-24H,4-13H2,1-3H3. The van der Waals surface area contributed by atoms with Crippen LogP contribution in [0, 0.1) is 65.1 Å².